The van der Waals surface area contributed by atoms with Crippen LogP contribution in [0, 0.1) is 0 Å². The van der Waals surface area contributed by atoms with Gasteiger partial charge in [0.05, 0.1) is 0 Å². The first-order valence-electron chi connectivity index (χ1n) is 9.25. The minimum absolute atomic E-state index is 0.323. The fourth-order valence-electron chi connectivity index (χ4n) is 3.50. The number of benzene rings is 1. The van der Waals surface area contributed by atoms with Crippen molar-refractivity contribution in [3.8, 4) is 0 Å². The number of rotatable bonds is 6. The number of likely N-dealkylation sites (tertiary alicyclic amines) is 1. The van der Waals surface area contributed by atoms with Crippen molar-refractivity contribution in [1.29, 1.82) is 0 Å². The Balaban J connectivity index is 1.43. The van der Waals surface area contributed by atoms with E-state index in [1.54, 1.807) is 0 Å². The van der Waals surface area contributed by atoms with Crippen LogP contribution in [0.25, 0.3) is 6.08 Å². The average Bonchev–Trinajstić information content (AvgIpc) is 3.06. The summed E-state index contributed by atoms with van der Waals surface area (Å²) in [7, 11) is 0. The molecule has 0 spiro atoms. The highest BCUT2D eigenvalue weighted by atomic mass is 16.2. The van der Waals surface area contributed by atoms with E-state index in [2.05, 4.69) is 51.1 Å². The third-order valence-corrected chi connectivity index (χ3v) is 5.04. The molecular weight excluding hydrogens is 298 g/mol. The molecule has 0 aliphatic carbocycles. The average molecular weight is 327 g/mol. The molecule has 2 heterocycles. The second-order valence-electron chi connectivity index (χ2n) is 6.79. The van der Waals surface area contributed by atoms with Crippen LogP contribution in [-0.4, -0.2) is 73.0 Å². The Bertz CT molecular complexity index is 537. The molecule has 3 rings (SSSR count). The van der Waals surface area contributed by atoms with Crippen LogP contribution in [0.15, 0.2) is 36.4 Å². The molecule has 1 amide bonds. The van der Waals surface area contributed by atoms with Gasteiger partial charge in [-0.1, -0.05) is 42.5 Å². The molecule has 4 nitrogen and oxygen atoms in total. The maximum absolute atomic E-state index is 12.3. The maximum atomic E-state index is 12.3. The van der Waals surface area contributed by atoms with E-state index in [-0.39, 0.29) is 0 Å². The molecule has 0 unspecified atom stereocenters. The molecule has 0 radical (unpaired) electrons. The Morgan fingerprint density at radius 3 is 2.46 bits per heavy atom. The second kappa shape index (κ2) is 9.00. The number of hydrogen-bond acceptors (Lipinski definition) is 3. The van der Waals surface area contributed by atoms with Crippen LogP contribution in [0.1, 0.15) is 24.8 Å². The summed E-state index contributed by atoms with van der Waals surface area (Å²) in [5.41, 5.74) is 1.23. The monoisotopic (exact) mass is 327 g/mol. The van der Waals surface area contributed by atoms with Gasteiger partial charge in [-0.25, -0.2) is 0 Å². The van der Waals surface area contributed by atoms with Gasteiger partial charge in [-0.15, -0.1) is 0 Å². The first-order chi connectivity index (χ1) is 11.8. The van der Waals surface area contributed by atoms with Gasteiger partial charge >= 0.3 is 0 Å². The van der Waals surface area contributed by atoms with Crippen LogP contribution >= 0.6 is 0 Å². The van der Waals surface area contributed by atoms with Gasteiger partial charge in [-0.3, -0.25) is 9.69 Å². The Hall–Kier alpha value is -1.65. The second-order valence-corrected chi connectivity index (χ2v) is 6.79. The standard InChI is InChI=1S/C20H29N3O/c24-20-10-14-22(13-6-9-19-7-2-1-3-8-19)16-18-23(20)17-15-21-11-4-5-12-21/h1-3,6-9H,4-5,10-18H2/b9-6+. The summed E-state index contributed by atoms with van der Waals surface area (Å²) in [5.74, 6) is 0.323. The first kappa shape index (κ1) is 17.2. The lowest BCUT2D eigenvalue weighted by atomic mass is 10.2. The van der Waals surface area contributed by atoms with Crippen LogP contribution in [0.4, 0.5) is 0 Å². The summed E-state index contributed by atoms with van der Waals surface area (Å²) in [4.78, 5) is 19.3. The van der Waals surface area contributed by atoms with Crippen LogP contribution < -0.4 is 0 Å². The molecule has 0 bridgehead atoms. The van der Waals surface area contributed by atoms with Crippen molar-refractivity contribution < 1.29 is 4.79 Å². The predicted octanol–water partition coefficient (Wildman–Crippen LogP) is 2.33. The Kier molecular flexibility index (Phi) is 6.44. The fraction of sp³-hybridized carbons (Fsp3) is 0.550. The highest BCUT2D eigenvalue weighted by Gasteiger charge is 2.21. The van der Waals surface area contributed by atoms with Crippen molar-refractivity contribution in [3.63, 3.8) is 0 Å². The van der Waals surface area contributed by atoms with Crippen molar-refractivity contribution in [2.24, 2.45) is 0 Å². The van der Waals surface area contributed by atoms with E-state index in [4.69, 9.17) is 0 Å². The van der Waals surface area contributed by atoms with Gasteiger partial charge < -0.3 is 9.80 Å². The van der Waals surface area contributed by atoms with Gasteiger partial charge in [0, 0.05) is 45.7 Å². The Labute approximate surface area is 145 Å². The molecule has 0 saturated carbocycles. The molecule has 24 heavy (non-hydrogen) atoms. The number of carbonyl (C=O) groups is 1. The van der Waals surface area contributed by atoms with Gasteiger partial charge in [0.25, 0.3) is 0 Å². The SMILES string of the molecule is O=C1CCN(C/C=C/c2ccccc2)CCN1CCN1CCCC1. The molecule has 1 aromatic carbocycles. The number of amides is 1. The van der Waals surface area contributed by atoms with E-state index in [9.17, 15) is 4.79 Å². The van der Waals surface area contributed by atoms with Gasteiger partial charge in [0.1, 0.15) is 0 Å². The predicted molar refractivity (Wildman–Crippen MR) is 98.8 cm³/mol. The Morgan fingerprint density at radius 2 is 1.67 bits per heavy atom. The highest BCUT2D eigenvalue weighted by Crippen LogP contribution is 2.09. The van der Waals surface area contributed by atoms with E-state index in [0.717, 1.165) is 39.3 Å². The van der Waals surface area contributed by atoms with Crippen LogP contribution in [0.5, 0.6) is 0 Å². The number of carbonyl (C=O) groups excluding carboxylic acids is 1. The molecule has 0 aromatic heterocycles. The molecule has 0 atom stereocenters. The molecule has 2 saturated heterocycles. The summed E-state index contributed by atoms with van der Waals surface area (Å²) < 4.78 is 0. The maximum Gasteiger partial charge on any atom is 0.223 e. The largest absolute Gasteiger partial charge is 0.340 e. The number of hydrogen-bond donors (Lipinski definition) is 0. The topological polar surface area (TPSA) is 26.8 Å². The van der Waals surface area contributed by atoms with Crippen LogP contribution in [0.2, 0.25) is 0 Å². The van der Waals surface area contributed by atoms with Gasteiger partial charge in [-0.2, -0.15) is 0 Å². The van der Waals surface area contributed by atoms with E-state index in [0.29, 0.717) is 12.3 Å². The summed E-state index contributed by atoms with van der Waals surface area (Å²) in [6.07, 6.45) is 7.65. The third-order valence-electron chi connectivity index (χ3n) is 5.04. The lowest BCUT2D eigenvalue weighted by molar-refractivity contribution is -0.130. The molecule has 4 heteroatoms. The van der Waals surface area contributed by atoms with Gasteiger partial charge in [-0.05, 0) is 31.5 Å². The normalized spacial score (nSPS) is 20.8. The molecule has 2 aliphatic rings. The molecular formula is C20H29N3O. The van der Waals surface area contributed by atoms with E-state index < -0.39 is 0 Å². The van der Waals surface area contributed by atoms with Crippen molar-refractivity contribution in [3.05, 3.63) is 42.0 Å². The summed E-state index contributed by atoms with van der Waals surface area (Å²) in [6, 6.07) is 10.4. The molecule has 0 N–H and O–H groups in total. The zero-order valence-corrected chi connectivity index (χ0v) is 14.6. The smallest absolute Gasteiger partial charge is 0.223 e. The molecule has 2 aliphatic heterocycles. The van der Waals surface area contributed by atoms with Crippen molar-refractivity contribution in [1.82, 2.24) is 14.7 Å². The minimum atomic E-state index is 0.323. The van der Waals surface area contributed by atoms with Crippen molar-refractivity contribution in [2.75, 3.05) is 52.4 Å². The van der Waals surface area contributed by atoms with Crippen molar-refractivity contribution >= 4 is 12.0 Å². The van der Waals surface area contributed by atoms with Crippen LogP contribution in [0.3, 0.4) is 0 Å². The van der Waals surface area contributed by atoms with Gasteiger partial charge in [0.15, 0.2) is 0 Å². The van der Waals surface area contributed by atoms with E-state index in [1.165, 1.54) is 31.5 Å². The minimum Gasteiger partial charge on any atom is -0.340 e. The summed E-state index contributed by atoms with van der Waals surface area (Å²) >= 11 is 0. The van der Waals surface area contributed by atoms with Gasteiger partial charge in [0.2, 0.25) is 5.91 Å². The van der Waals surface area contributed by atoms with E-state index >= 15 is 0 Å². The van der Waals surface area contributed by atoms with E-state index in [1.807, 2.05) is 6.07 Å². The van der Waals surface area contributed by atoms with Crippen molar-refractivity contribution in [2.45, 2.75) is 19.3 Å². The zero-order chi connectivity index (χ0) is 16.6. The zero-order valence-electron chi connectivity index (χ0n) is 14.6. The summed E-state index contributed by atoms with van der Waals surface area (Å²) in [5, 5.41) is 0. The summed E-state index contributed by atoms with van der Waals surface area (Å²) in [6.45, 7) is 7.99. The quantitative estimate of drug-likeness (QED) is 0.802. The van der Waals surface area contributed by atoms with Crippen LogP contribution in [-0.2, 0) is 4.79 Å². The number of nitrogens with zero attached hydrogens (tertiary/aromatic N) is 3. The fourth-order valence-corrected chi connectivity index (χ4v) is 3.50. The molecule has 2 fully saturated rings. The third kappa shape index (κ3) is 5.18. The molecule has 130 valence electrons. The molecule has 1 aromatic rings. The highest BCUT2D eigenvalue weighted by molar-refractivity contribution is 5.76. The first-order valence-corrected chi connectivity index (χ1v) is 9.25. The lowest BCUT2D eigenvalue weighted by Crippen LogP contribution is -2.39. The Morgan fingerprint density at radius 1 is 0.875 bits per heavy atom. The lowest BCUT2D eigenvalue weighted by Gasteiger charge is -2.24.